The smallest absolute Gasteiger partial charge is 0.191 e. The summed E-state index contributed by atoms with van der Waals surface area (Å²) in [6.07, 6.45) is 4.76. The minimum atomic E-state index is -0.842. The molecule has 0 radical (unpaired) electrons. The van der Waals surface area contributed by atoms with Crippen molar-refractivity contribution in [1.82, 2.24) is 19.7 Å². The highest BCUT2D eigenvalue weighted by Gasteiger charge is 2.28. The Morgan fingerprint density at radius 1 is 1.19 bits per heavy atom. The fourth-order valence-corrected chi connectivity index (χ4v) is 3.58. The quantitative estimate of drug-likeness (QED) is 0.478. The zero-order chi connectivity index (χ0) is 19.0. The van der Waals surface area contributed by atoms with Crippen LogP contribution in [0.5, 0.6) is 0 Å². The lowest BCUT2D eigenvalue weighted by molar-refractivity contribution is 0.508. The molecule has 2 aromatic heterocycles. The Balaban J connectivity index is 1.60. The van der Waals surface area contributed by atoms with Crippen molar-refractivity contribution in [1.29, 1.82) is 0 Å². The van der Waals surface area contributed by atoms with Gasteiger partial charge in [-0.2, -0.15) is 5.10 Å². The number of nitrogens with zero attached hydrogens (tertiary/aromatic N) is 4. The van der Waals surface area contributed by atoms with Gasteiger partial charge in [-0.05, 0) is 36.6 Å². The van der Waals surface area contributed by atoms with Gasteiger partial charge in [0.25, 0.3) is 0 Å². The van der Waals surface area contributed by atoms with E-state index in [9.17, 15) is 8.78 Å². The molecule has 1 aliphatic rings. The van der Waals surface area contributed by atoms with Gasteiger partial charge in [0, 0.05) is 12.3 Å². The molecule has 1 atom stereocenters. The van der Waals surface area contributed by atoms with Gasteiger partial charge in [-0.1, -0.05) is 30.8 Å². The molecule has 0 saturated carbocycles. The van der Waals surface area contributed by atoms with Crippen LogP contribution in [0, 0.1) is 11.6 Å². The van der Waals surface area contributed by atoms with E-state index < -0.39 is 11.6 Å². The third kappa shape index (κ3) is 3.53. The molecule has 4 rings (SSSR count). The number of benzene rings is 1. The molecule has 0 unspecified atom stereocenters. The SMILES string of the molecule is CCCSc1nc(N[C@@H]2C=C2c2ccc(F)c(F)c2)c2cnn(CC)c2n1. The number of anilines is 1. The largest absolute Gasteiger partial charge is 0.359 e. The van der Waals surface area contributed by atoms with E-state index in [4.69, 9.17) is 0 Å². The van der Waals surface area contributed by atoms with Crippen molar-refractivity contribution in [3.8, 4) is 0 Å². The Morgan fingerprint density at radius 3 is 2.78 bits per heavy atom. The number of thioether (sulfide) groups is 1. The van der Waals surface area contributed by atoms with Crippen LogP contribution >= 0.6 is 11.8 Å². The van der Waals surface area contributed by atoms with Crippen LogP contribution in [0.1, 0.15) is 25.8 Å². The van der Waals surface area contributed by atoms with Gasteiger partial charge in [0.05, 0.1) is 17.6 Å². The summed E-state index contributed by atoms with van der Waals surface area (Å²) in [5, 5.41) is 9.30. The van der Waals surface area contributed by atoms with Crippen LogP contribution in [0.4, 0.5) is 14.6 Å². The van der Waals surface area contributed by atoms with E-state index in [1.807, 2.05) is 17.7 Å². The van der Waals surface area contributed by atoms with Crippen LogP contribution in [-0.2, 0) is 6.54 Å². The van der Waals surface area contributed by atoms with Crippen molar-refractivity contribution in [3.63, 3.8) is 0 Å². The van der Waals surface area contributed by atoms with Crippen LogP contribution in [0.15, 0.2) is 35.6 Å². The molecule has 0 aliphatic heterocycles. The summed E-state index contributed by atoms with van der Waals surface area (Å²) < 4.78 is 28.5. The number of fused-ring (bicyclic) bond motifs is 1. The minimum Gasteiger partial charge on any atom is -0.359 e. The molecule has 0 fully saturated rings. The zero-order valence-corrected chi connectivity index (χ0v) is 15.9. The van der Waals surface area contributed by atoms with Crippen molar-refractivity contribution >= 4 is 34.2 Å². The fraction of sp³-hybridized carbons (Fsp3) is 0.316. The lowest BCUT2D eigenvalue weighted by Gasteiger charge is -2.10. The van der Waals surface area contributed by atoms with E-state index in [2.05, 4.69) is 27.3 Å². The summed E-state index contributed by atoms with van der Waals surface area (Å²) in [5.41, 5.74) is 2.39. The van der Waals surface area contributed by atoms with Crippen molar-refractivity contribution in [2.75, 3.05) is 11.1 Å². The maximum absolute atomic E-state index is 13.5. The van der Waals surface area contributed by atoms with Gasteiger partial charge in [0.2, 0.25) is 0 Å². The number of nitrogens with one attached hydrogen (secondary N) is 1. The van der Waals surface area contributed by atoms with Crippen molar-refractivity contribution < 1.29 is 8.78 Å². The van der Waals surface area contributed by atoms with Crippen molar-refractivity contribution in [3.05, 3.63) is 47.7 Å². The molecule has 3 aromatic rings. The van der Waals surface area contributed by atoms with Gasteiger partial charge in [-0.25, -0.2) is 23.4 Å². The minimum absolute atomic E-state index is 0.0676. The number of aryl methyl sites for hydroxylation is 1. The molecule has 1 N–H and O–H groups in total. The highest BCUT2D eigenvalue weighted by molar-refractivity contribution is 7.99. The number of rotatable bonds is 7. The molecule has 1 aromatic carbocycles. The lowest BCUT2D eigenvalue weighted by atomic mass is 10.1. The molecule has 1 aliphatic carbocycles. The van der Waals surface area contributed by atoms with Crippen LogP contribution < -0.4 is 5.32 Å². The second-order valence-corrected chi connectivity index (χ2v) is 7.34. The van der Waals surface area contributed by atoms with Gasteiger partial charge < -0.3 is 5.32 Å². The number of hydrogen-bond donors (Lipinski definition) is 1. The predicted octanol–water partition coefficient (Wildman–Crippen LogP) is 4.50. The normalized spacial score (nSPS) is 15.9. The first-order valence-electron chi connectivity index (χ1n) is 8.90. The molecule has 27 heavy (non-hydrogen) atoms. The van der Waals surface area contributed by atoms with Gasteiger partial charge in [0.15, 0.2) is 22.4 Å². The second kappa shape index (κ2) is 7.26. The molecule has 140 valence electrons. The van der Waals surface area contributed by atoms with E-state index >= 15 is 0 Å². The van der Waals surface area contributed by atoms with E-state index in [-0.39, 0.29) is 6.04 Å². The van der Waals surface area contributed by atoms with Gasteiger partial charge in [0.1, 0.15) is 5.82 Å². The molecular weight excluding hydrogens is 368 g/mol. The topological polar surface area (TPSA) is 55.6 Å². The van der Waals surface area contributed by atoms with Crippen LogP contribution in [0.25, 0.3) is 16.6 Å². The molecule has 0 spiro atoms. The molecular formula is C19H19F2N5S. The Morgan fingerprint density at radius 2 is 2.04 bits per heavy atom. The number of aromatic nitrogens is 4. The van der Waals surface area contributed by atoms with E-state index in [1.165, 1.54) is 6.07 Å². The summed E-state index contributed by atoms with van der Waals surface area (Å²) in [6.45, 7) is 4.85. The van der Waals surface area contributed by atoms with Crippen LogP contribution in [0.3, 0.4) is 0 Å². The number of hydrogen-bond acceptors (Lipinski definition) is 5. The van der Waals surface area contributed by atoms with E-state index in [1.54, 1.807) is 24.0 Å². The monoisotopic (exact) mass is 387 g/mol. The van der Waals surface area contributed by atoms with Crippen molar-refractivity contribution in [2.24, 2.45) is 0 Å². The lowest BCUT2D eigenvalue weighted by Crippen LogP contribution is -2.09. The molecule has 0 amide bonds. The highest BCUT2D eigenvalue weighted by atomic mass is 32.2. The van der Waals surface area contributed by atoms with Crippen molar-refractivity contribution in [2.45, 2.75) is 38.0 Å². The predicted molar refractivity (Wildman–Crippen MR) is 104 cm³/mol. The highest BCUT2D eigenvalue weighted by Crippen LogP contribution is 2.36. The van der Waals surface area contributed by atoms with Crippen LogP contribution in [-0.4, -0.2) is 31.5 Å². The Kier molecular flexibility index (Phi) is 4.82. The standard InChI is InChI=1S/C19H19F2N5S/c1-3-7-27-19-24-17(13-10-22-26(4-2)18(13)25-19)23-16-9-12(16)11-5-6-14(20)15(21)8-11/h5-6,8-10,16H,3-4,7H2,1-2H3,(H,23,24,25)/t16-/m1/s1. The Hall–Kier alpha value is -2.48. The van der Waals surface area contributed by atoms with Gasteiger partial charge in [-0.3, -0.25) is 0 Å². The fourth-order valence-electron chi connectivity index (χ4n) is 2.88. The first-order valence-corrected chi connectivity index (χ1v) is 9.89. The zero-order valence-electron chi connectivity index (χ0n) is 15.0. The summed E-state index contributed by atoms with van der Waals surface area (Å²) in [4.78, 5) is 9.28. The second-order valence-electron chi connectivity index (χ2n) is 6.27. The van der Waals surface area contributed by atoms with E-state index in [0.717, 1.165) is 41.4 Å². The molecule has 0 saturated heterocycles. The van der Waals surface area contributed by atoms with Gasteiger partial charge >= 0.3 is 0 Å². The summed E-state index contributed by atoms with van der Waals surface area (Å²) in [5.74, 6) is -0.0397. The first kappa shape index (κ1) is 17.9. The number of halogens is 2. The molecule has 2 heterocycles. The first-order chi connectivity index (χ1) is 13.1. The van der Waals surface area contributed by atoms with Gasteiger partial charge in [-0.15, -0.1) is 0 Å². The average Bonchev–Trinajstić information content (AvgIpc) is 3.30. The maximum atomic E-state index is 13.5. The molecule has 5 nitrogen and oxygen atoms in total. The summed E-state index contributed by atoms with van der Waals surface area (Å²) in [6, 6.07) is 3.88. The Bertz CT molecular complexity index is 1030. The molecule has 8 heteroatoms. The summed E-state index contributed by atoms with van der Waals surface area (Å²) in [7, 11) is 0. The van der Waals surface area contributed by atoms with E-state index in [0.29, 0.717) is 16.5 Å². The maximum Gasteiger partial charge on any atom is 0.191 e. The average molecular weight is 387 g/mol. The summed E-state index contributed by atoms with van der Waals surface area (Å²) >= 11 is 1.61. The third-order valence-corrected chi connectivity index (χ3v) is 5.38. The molecule has 0 bridgehead atoms. The Labute approximate surface area is 159 Å². The van der Waals surface area contributed by atoms with Crippen LogP contribution in [0.2, 0.25) is 0 Å². The third-order valence-electron chi connectivity index (χ3n) is 4.33.